The van der Waals surface area contributed by atoms with Crippen LogP contribution in [0, 0.1) is 6.92 Å². The molecule has 1 unspecified atom stereocenters. The minimum absolute atomic E-state index is 0.417. The van der Waals surface area contributed by atoms with Crippen LogP contribution < -0.4 is 15.6 Å². The van der Waals surface area contributed by atoms with Gasteiger partial charge in [-0.05, 0) is 41.5 Å². The van der Waals surface area contributed by atoms with E-state index in [1.54, 1.807) is 0 Å². The third kappa shape index (κ3) is 4.83. The van der Waals surface area contributed by atoms with E-state index in [0.717, 1.165) is 26.0 Å². The van der Waals surface area contributed by atoms with Crippen molar-refractivity contribution in [3.63, 3.8) is 0 Å². The molecule has 166 valence electrons. The lowest BCUT2D eigenvalue weighted by Crippen LogP contribution is -2.70. The molecule has 0 amide bonds. The topological polar surface area (TPSA) is 26.3 Å². The van der Waals surface area contributed by atoms with Crippen molar-refractivity contribution in [1.82, 2.24) is 0 Å². The molecule has 4 aromatic rings. The number of aryl methyl sites for hydroxylation is 1. The van der Waals surface area contributed by atoms with Crippen LogP contribution in [-0.2, 0) is 15.2 Å². The zero-order valence-electron chi connectivity index (χ0n) is 19.0. The molecule has 2 nitrogen and oxygen atoms in total. The smallest absolute Gasteiger partial charge is 0.288 e. The lowest BCUT2D eigenvalue weighted by molar-refractivity contribution is 0.269. The van der Waals surface area contributed by atoms with Gasteiger partial charge in [0.2, 0.25) is 0 Å². The SMILES string of the molecule is C=C([C@@H](C)O[Si](c1ccccc1)(c1ccccc1)c1ccccc1)S(=O)c1ccc(C)cc1. The molecule has 0 heterocycles. The standard InChI is InChI=1S/C29H28O2SSi/c1-23-19-21-26(22-20-23)32(30)25(3)24(2)31-33(27-13-7-4-8-14-27,28-15-9-5-10-16-28)29-17-11-6-12-18-29/h4-22,24H,3H2,1-2H3/t24-,32?/m1/s1. The molecule has 2 atom stereocenters. The highest BCUT2D eigenvalue weighted by Gasteiger charge is 2.43. The van der Waals surface area contributed by atoms with Crippen LogP contribution >= 0.6 is 0 Å². The number of hydrogen-bond donors (Lipinski definition) is 0. The second-order valence-electron chi connectivity index (χ2n) is 8.09. The maximum Gasteiger partial charge on any atom is 0.288 e. The predicted molar refractivity (Wildman–Crippen MR) is 141 cm³/mol. The van der Waals surface area contributed by atoms with Crippen LogP contribution in [0.15, 0.2) is 132 Å². The number of hydrogen-bond acceptors (Lipinski definition) is 2. The summed E-state index contributed by atoms with van der Waals surface area (Å²) in [5.74, 6) is 0. The van der Waals surface area contributed by atoms with E-state index >= 15 is 0 Å². The quantitative estimate of drug-likeness (QED) is 0.277. The van der Waals surface area contributed by atoms with Crippen molar-refractivity contribution in [2.75, 3.05) is 0 Å². The van der Waals surface area contributed by atoms with Gasteiger partial charge in [0.15, 0.2) is 0 Å². The van der Waals surface area contributed by atoms with Crippen molar-refractivity contribution < 1.29 is 8.63 Å². The highest BCUT2D eigenvalue weighted by molar-refractivity contribution is 7.89. The molecule has 0 aliphatic heterocycles. The van der Waals surface area contributed by atoms with Gasteiger partial charge < -0.3 is 4.43 Å². The molecule has 4 heteroatoms. The van der Waals surface area contributed by atoms with E-state index in [0.29, 0.717) is 4.91 Å². The first-order valence-corrected chi connectivity index (χ1v) is 14.1. The fourth-order valence-corrected chi connectivity index (χ4v) is 9.21. The summed E-state index contributed by atoms with van der Waals surface area (Å²) in [7, 11) is -4.27. The molecule has 0 bridgehead atoms. The van der Waals surface area contributed by atoms with Crippen molar-refractivity contribution >= 4 is 34.7 Å². The zero-order chi connectivity index (χ0) is 23.3. The first-order valence-electron chi connectivity index (χ1n) is 11.0. The summed E-state index contributed by atoms with van der Waals surface area (Å²) in [4.78, 5) is 1.31. The summed E-state index contributed by atoms with van der Waals surface area (Å²) >= 11 is 0. The maximum atomic E-state index is 13.3. The van der Waals surface area contributed by atoms with E-state index in [-0.39, 0.29) is 0 Å². The molecule has 0 fully saturated rings. The van der Waals surface area contributed by atoms with Gasteiger partial charge in [-0.2, -0.15) is 0 Å². The van der Waals surface area contributed by atoms with Crippen LogP contribution in [0.4, 0.5) is 0 Å². The van der Waals surface area contributed by atoms with Gasteiger partial charge in [-0.3, -0.25) is 0 Å². The molecule has 33 heavy (non-hydrogen) atoms. The van der Waals surface area contributed by atoms with E-state index in [9.17, 15) is 4.21 Å². The summed E-state index contributed by atoms with van der Waals surface area (Å²) in [6.45, 7) is 8.20. The predicted octanol–water partition coefficient (Wildman–Crippen LogP) is 4.69. The third-order valence-electron chi connectivity index (χ3n) is 5.82. The highest BCUT2D eigenvalue weighted by atomic mass is 32.2. The molecule has 4 aromatic carbocycles. The normalized spacial score (nSPS) is 13.3. The molecule has 0 spiro atoms. The first kappa shape index (κ1) is 23.1. The monoisotopic (exact) mass is 468 g/mol. The molecule has 0 aliphatic carbocycles. The second kappa shape index (κ2) is 10.3. The molecule has 0 aliphatic rings. The summed E-state index contributed by atoms with van der Waals surface area (Å²) in [6.07, 6.45) is -0.417. The molecule has 0 N–H and O–H groups in total. The fraction of sp³-hybridized carbons (Fsp3) is 0.103. The largest absolute Gasteiger partial charge is 0.397 e. The average Bonchev–Trinajstić information content (AvgIpc) is 2.88. The number of rotatable bonds is 8. The Hall–Kier alpha value is -3.05. The summed E-state index contributed by atoms with van der Waals surface area (Å²) in [6, 6.07) is 39.0. The Kier molecular flexibility index (Phi) is 7.19. The fourth-order valence-electron chi connectivity index (χ4n) is 4.02. The van der Waals surface area contributed by atoms with Crippen molar-refractivity contribution in [2.45, 2.75) is 24.8 Å². The van der Waals surface area contributed by atoms with Crippen LogP contribution in [0.3, 0.4) is 0 Å². The Bertz CT molecular complexity index is 1130. The van der Waals surface area contributed by atoms with Crippen LogP contribution in [0.5, 0.6) is 0 Å². The Morgan fingerprint density at radius 1 is 0.727 bits per heavy atom. The van der Waals surface area contributed by atoms with E-state index in [4.69, 9.17) is 4.43 Å². The van der Waals surface area contributed by atoms with Crippen LogP contribution in [0.25, 0.3) is 0 Å². The second-order valence-corrected chi connectivity index (χ2v) is 13.0. The van der Waals surface area contributed by atoms with Crippen molar-refractivity contribution in [3.05, 3.63) is 132 Å². The van der Waals surface area contributed by atoms with Crippen LogP contribution in [0.2, 0.25) is 0 Å². The Balaban J connectivity index is 1.80. The number of benzene rings is 4. The van der Waals surface area contributed by atoms with Gasteiger partial charge in [-0.1, -0.05) is 115 Å². The van der Waals surface area contributed by atoms with Gasteiger partial charge in [0.25, 0.3) is 8.32 Å². The van der Waals surface area contributed by atoms with Gasteiger partial charge in [0.05, 0.1) is 16.9 Å². The molecular formula is C29H28O2SSi. The zero-order valence-corrected chi connectivity index (χ0v) is 20.8. The Labute approximate surface area is 200 Å². The molecule has 0 saturated heterocycles. The summed E-state index contributed by atoms with van der Waals surface area (Å²) < 4.78 is 20.4. The highest BCUT2D eigenvalue weighted by Crippen LogP contribution is 2.22. The minimum Gasteiger partial charge on any atom is -0.397 e. The summed E-state index contributed by atoms with van der Waals surface area (Å²) in [5.41, 5.74) is 1.13. The van der Waals surface area contributed by atoms with Crippen molar-refractivity contribution in [2.24, 2.45) is 0 Å². The Morgan fingerprint density at radius 2 is 1.12 bits per heavy atom. The first-order chi connectivity index (χ1) is 16.0. The lowest BCUT2D eigenvalue weighted by Gasteiger charge is -2.36. The Morgan fingerprint density at radius 3 is 1.52 bits per heavy atom. The van der Waals surface area contributed by atoms with Gasteiger partial charge in [-0.25, -0.2) is 4.21 Å². The van der Waals surface area contributed by atoms with E-state index in [1.807, 2.05) is 56.3 Å². The molecule has 0 radical (unpaired) electrons. The molecule has 0 aromatic heterocycles. The summed E-state index contributed by atoms with van der Waals surface area (Å²) in [5, 5.41) is 3.43. The molecule has 4 rings (SSSR count). The molecule has 0 saturated carbocycles. The maximum absolute atomic E-state index is 13.3. The lowest BCUT2D eigenvalue weighted by atomic mass is 10.2. The van der Waals surface area contributed by atoms with Gasteiger partial charge in [0.1, 0.15) is 0 Å². The van der Waals surface area contributed by atoms with E-state index < -0.39 is 25.2 Å². The third-order valence-corrected chi connectivity index (χ3v) is 11.5. The van der Waals surface area contributed by atoms with Crippen LogP contribution in [-0.4, -0.2) is 18.6 Å². The van der Waals surface area contributed by atoms with E-state index in [2.05, 4.69) is 79.4 Å². The van der Waals surface area contributed by atoms with E-state index in [1.165, 1.54) is 0 Å². The minimum atomic E-state index is -2.90. The van der Waals surface area contributed by atoms with Crippen molar-refractivity contribution in [3.8, 4) is 0 Å². The van der Waals surface area contributed by atoms with Crippen LogP contribution in [0.1, 0.15) is 12.5 Å². The average molecular weight is 469 g/mol. The van der Waals surface area contributed by atoms with Crippen molar-refractivity contribution in [1.29, 1.82) is 0 Å². The van der Waals surface area contributed by atoms with Gasteiger partial charge in [-0.15, -0.1) is 0 Å². The van der Waals surface area contributed by atoms with Gasteiger partial charge >= 0.3 is 0 Å². The molecular weight excluding hydrogens is 440 g/mol. The van der Waals surface area contributed by atoms with Gasteiger partial charge in [0, 0.05) is 9.80 Å².